The lowest BCUT2D eigenvalue weighted by Gasteiger charge is -2.46. The van der Waals surface area contributed by atoms with Crippen molar-refractivity contribution in [3.63, 3.8) is 0 Å². The maximum Gasteiger partial charge on any atom is 0.338 e. The fraction of sp³-hybridized carbons (Fsp3) is 0.222. The second-order valence-electron chi connectivity index (χ2n) is 8.53. The van der Waals surface area contributed by atoms with E-state index >= 15 is 0 Å². The summed E-state index contributed by atoms with van der Waals surface area (Å²) >= 11 is 0. The number of nitrogens with one attached hydrogen (secondary N) is 1. The highest BCUT2D eigenvalue weighted by molar-refractivity contribution is 6.05. The Morgan fingerprint density at radius 1 is 0.938 bits per heavy atom. The minimum atomic E-state index is -0.890. The van der Waals surface area contributed by atoms with E-state index in [-0.39, 0.29) is 6.04 Å². The van der Waals surface area contributed by atoms with Crippen molar-refractivity contribution in [3.05, 3.63) is 102 Å². The zero-order valence-corrected chi connectivity index (χ0v) is 18.1. The Morgan fingerprint density at radius 3 is 2.31 bits per heavy atom. The first-order valence-corrected chi connectivity index (χ1v) is 11.1. The van der Waals surface area contributed by atoms with E-state index in [1.807, 2.05) is 48.5 Å². The van der Waals surface area contributed by atoms with Gasteiger partial charge in [0.25, 0.3) is 0 Å². The Bertz CT molecular complexity index is 1220. The van der Waals surface area contributed by atoms with Crippen molar-refractivity contribution in [1.82, 2.24) is 9.88 Å². The first-order valence-electron chi connectivity index (χ1n) is 11.1. The number of anilines is 1. The van der Waals surface area contributed by atoms with Crippen LogP contribution in [0, 0.1) is 0 Å². The molecule has 0 spiro atoms. The van der Waals surface area contributed by atoms with Crippen molar-refractivity contribution in [2.75, 3.05) is 18.0 Å². The maximum absolute atomic E-state index is 12.4. The van der Waals surface area contributed by atoms with E-state index in [4.69, 9.17) is 0 Å². The molecule has 2 heterocycles. The smallest absolute Gasteiger partial charge is 0.338 e. The van der Waals surface area contributed by atoms with E-state index in [2.05, 4.69) is 58.1 Å². The van der Waals surface area contributed by atoms with Crippen LogP contribution in [0.25, 0.3) is 10.9 Å². The molecule has 1 aliphatic rings. The van der Waals surface area contributed by atoms with Gasteiger partial charge in [-0.3, -0.25) is 4.90 Å². The number of carbonyl (C=O) groups is 1. The number of hydrogen-bond acceptors (Lipinski definition) is 3. The molecule has 2 unspecified atom stereocenters. The molecular weight excluding hydrogens is 398 g/mol. The van der Waals surface area contributed by atoms with Crippen molar-refractivity contribution in [1.29, 1.82) is 0 Å². The molecule has 0 amide bonds. The van der Waals surface area contributed by atoms with Crippen LogP contribution in [-0.4, -0.2) is 40.1 Å². The summed E-state index contributed by atoms with van der Waals surface area (Å²) in [7, 11) is 0. The quantitative estimate of drug-likeness (QED) is 0.454. The first kappa shape index (κ1) is 20.3. The molecule has 5 heteroatoms. The SMILES string of the molecule is CC1CN(c2ccccc2)C(c2[nH]c3ccccc3c2C(=O)O)CN1Cc1ccccc1. The predicted molar refractivity (Wildman–Crippen MR) is 128 cm³/mol. The van der Waals surface area contributed by atoms with Gasteiger partial charge in [0.1, 0.15) is 0 Å². The van der Waals surface area contributed by atoms with E-state index in [0.717, 1.165) is 41.9 Å². The molecule has 0 aliphatic carbocycles. The van der Waals surface area contributed by atoms with Crippen LogP contribution < -0.4 is 4.90 Å². The van der Waals surface area contributed by atoms with Crippen LogP contribution in [0.1, 0.15) is 34.6 Å². The molecule has 5 nitrogen and oxygen atoms in total. The third-order valence-electron chi connectivity index (χ3n) is 6.47. The predicted octanol–water partition coefficient (Wildman–Crippen LogP) is 5.32. The first-order chi connectivity index (χ1) is 15.6. The van der Waals surface area contributed by atoms with E-state index in [1.54, 1.807) is 0 Å². The fourth-order valence-electron chi connectivity index (χ4n) is 4.86. The summed E-state index contributed by atoms with van der Waals surface area (Å²) in [5, 5.41) is 10.9. The van der Waals surface area contributed by atoms with Gasteiger partial charge in [-0.05, 0) is 30.7 Å². The van der Waals surface area contributed by atoms with Crippen LogP contribution in [0.5, 0.6) is 0 Å². The second kappa shape index (κ2) is 8.52. The number of aromatic amines is 1. The summed E-state index contributed by atoms with van der Waals surface area (Å²) < 4.78 is 0. The third-order valence-corrected chi connectivity index (χ3v) is 6.47. The second-order valence-corrected chi connectivity index (χ2v) is 8.53. The van der Waals surface area contributed by atoms with Gasteiger partial charge in [-0.15, -0.1) is 0 Å². The van der Waals surface area contributed by atoms with Crippen LogP contribution in [0.15, 0.2) is 84.9 Å². The van der Waals surface area contributed by atoms with Crippen LogP contribution in [-0.2, 0) is 6.54 Å². The van der Waals surface area contributed by atoms with Crippen LogP contribution in [0.3, 0.4) is 0 Å². The molecule has 1 saturated heterocycles. The van der Waals surface area contributed by atoms with Gasteiger partial charge in [0.2, 0.25) is 0 Å². The Labute approximate surface area is 187 Å². The number of rotatable bonds is 5. The number of para-hydroxylation sites is 2. The maximum atomic E-state index is 12.4. The van der Waals surface area contributed by atoms with E-state index in [1.165, 1.54) is 5.56 Å². The van der Waals surface area contributed by atoms with E-state index in [9.17, 15) is 9.90 Å². The molecule has 1 aromatic heterocycles. The van der Waals surface area contributed by atoms with Crippen molar-refractivity contribution in [2.45, 2.75) is 25.6 Å². The molecule has 3 aromatic carbocycles. The molecule has 1 fully saturated rings. The van der Waals surface area contributed by atoms with Crippen molar-refractivity contribution in [2.24, 2.45) is 0 Å². The number of carboxylic acids is 1. The zero-order valence-electron chi connectivity index (χ0n) is 18.1. The van der Waals surface area contributed by atoms with E-state index in [0.29, 0.717) is 11.6 Å². The molecule has 4 aromatic rings. The standard InChI is InChI=1S/C27H27N3O2/c1-19-16-30(21-12-6-3-7-13-21)24(18-29(19)17-20-10-4-2-5-11-20)26-25(27(31)32)22-14-8-9-15-23(22)28-26/h2-15,19,24,28H,16-18H2,1H3,(H,31,32). The Balaban J connectivity index is 1.59. The number of hydrogen-bond donors (Lipinski definition) is 2. The molecule has 2 N–H and O–H groups in total. The van der Waals surface area contributed by atoms with Gasteiger partial charge in [0, 0.05) is 42.3 Å². The van der Waals surface area contributed by atoms with Gasteiger partial charge in [0.05, 0.1) is 17.3 Å². The average molecular weight is 426 g/mol. The van der Waals surface area contributed by atoms with Crippen molar-refractivity contribution >= 4 is 22.6 Å². The van der Waals surface area contributed by atoms with Gasteiger partial charge in [0.15, 0.2) is 0 Å². The van der Waals surface area contributed by atoms with Crippen LogP contribution in [0.2, 0.25) is 0 Å². The molecule has 2 atom stereocenters. The van der Waals surface area contributed by atoms with E-state index < -0.39 is 5.97 Å². The minimum absolute atomic E-state index is 0.101. The Kier molecular flexibility index (Phi) is 5.41. The summed E-state index contributed by atoms with van der Waals surface area (Å²) in [5.74, 6) is -0.890. The normalized spacial score (nSPS) is 19.3. The lowest BCUT2D eigenvalue weighted by Crippen LogP contribution is -2.53. The summed E-state index contributed by atoms with van der Waals surface area (Å²) in [6.07, 6.45) is 0. The number of aromatic carboxylic acids is 1. The lowest BCUT2D eigenvalue weighted by atomic mass is 9.98. The number of carboxylic acid groups (broad SMARTS) is 1. The third kappa shape index (κ3) is 3.76. The number of H-pyrrole nitrogens is 1. The molecule has 32 heavy (non-hydrogen) atoms. The topological polar surface area (TPSA) is 59.6 Å². The highest BCUT2D eigenvalue weighted by atomic mass is 16.4. The molecular formula is C27H27N3O2. The van der Waals surface area contributed by atoms with Crippen LogP contribution >= 0.6 is 0 Å². The Morgan fingerprint density at radius 2 is 1.59 bits per heavy atom. The molecule has 0 bridgehead atoms. The van der Waals surface area contributed by atoms with Gasteiger partial charge >= 0.3 is 5.97 Å². The lowest BCUT2D eigenvalue weighted by molar-refractivity contribution is 0.0695. The van der Waals surface area contributed by atoms with Crippen LogP contribution in [0.4, 0.5) is 5.69 Å². The highest BCUT2D eigenvalue weighted by Crippen LogP contribution is 2.37. The van der Waals surface area contributed by atoms with Gasteiger partial charge in [-0.2, -0.15) is 0 Å². The number of nitrogens with zero attached hydrogens (tertiary/aromatic N) is 2. The summed E-state index contributed by atoms with van der Waals surface area (Å²) in [6.45, 7) is 4.64. The molecule has 5 rings (SSSR count). The monoisotopic (exact) mass is 425 g/mol. The number of piperazine rings is 1. The summed E-state index contributed by atoms with van der Waals surface area (Å²) in [5.41, 5.74) is 4.38. The molecule has 0 radical (unpaired) electrons. The van der Waals surface area contributed by atoms with Gasteiger partial charge in [-0.1, -0.05) is 66.7 Å². The number of fused-ring (bicyclic) bond motifs is 1. The summed E-state index contributed by atoms with van der Waals surface area (Å²) in [6, 6.07) is 28.7. The van der Waals surface area contributed by atoms with Gasteiger partial charge in [-0.25, -0.2) is 4.79 Å². The van der Waals surface area contributed by atoms with Crippen molar-refractivity contribution in [3.8, 4) is 0 Å². The minimum Gasteiger partial charge on any atom is -0.478 e. The largest absolute Gasteiger partial charge is 0.478 e. The zero-order chi connectivity index (χ0) is 22.1. The highest BCUT2D eigenvalue weighted by Gasteiger charge is 2.36. The average Bonchev–Trinajstić information content (AvgIpc) is 3.21. The number of benzene rings is 3. The Hall–Kier alpha value is -3.57. The van der Waals surface area contributed by atoms with Crippen molar-refractivity contribution < 1.29 is 9.90 Å². The fourth-order valence-corrected chi connectivity index (χ4v) is 4.86. The number of aromatic nitrogens is 1. The van der Waals surface area contributed by atoms with Gasteiger partial charge < -0.3 is 15.0 Å². The molecule has 0 saturated carbocycles. The molecule has 162 valence electrons. The molecule has 1 aliphatic heterocycles. The summed E-state index contributed by atoms with van der Waals surface area (Å²) in [4.78, 5) is 20.6.